The van der Waals surface area contributed by atoms with Crippen molar-refractivity contribution < 1.29 is 14.0 Å². The first-order valence-electron chi connectivity index (χ1n) is 9.85. The van der Waals surface area contributed by atoms with Crippen LogP contribution in [0.5, 0.6) is 5.75 Å². The Morgan fingerprint density at radius 2 is 2.00 bits per heavy atom. The third-order valence-electron chi connectivity index (χ3n) is 4.49. The minimum Gasteiger partial charge on any atom is -0.493 e. The Morgan fingerprint density at radius 3 is 2.69 bits per heavy atom. The molecule has 2 aromatic rings. The Labute approximate surface area is 190 Å². The Hall–Kier alpha value is -1.81. The van der Waals surface area contributed by atoms with E-state index in [1.807, 2.05) is 30.3 Å². The van der Waals surface area contributed by atoms with Crippen molar-refractivity contribution in [1.29, 1.82) is 0 Å². The van der Waals surface area contributed by atoms with Gasteiger partial charge in [-0.1, -0.05) is 25.1 Å². The zero-order valence-electron chi connectivity index (χ0n) is 17.7. The van der Waals surface area contributed by atoms with Gasteiger partial charge in [0.2, 0.25) is 0 Å². The van der Waals surface area contributed by atoms with Gasteiger partial charge in [-0.05, 0) is 25.0 Å². The monoisotopic (exact) mass is 516 g/mol. The third-order valence-corrected chi connectivity index (χ3v) is 4.49. The summed E-state index contributed by atoms with van der Waals surface area (Å²) in [5.41, 5.74) is 1.91. The lowest BCUT2D eigenvalue weighted by Gasteiger charge is -2.12. The van der Waals surface area contributed by atoms with E-state index in [2.05, 4.69) is 34.6 Å². The number of guanidine groups is 1. The summed E-state index contributed by atoms with van der Waals surface area (Å²) in [6, 6.07) is 9.81. The van der Waals surface area contributed by atoms with Crippen molar-refractivity contribution in [2.45, 2.75) is 45.6 Å². The van der Waals surface area contributed by atoms with Gasteiger partial charge in [0.25, 0.3) is 0 Å². The first-order valence-corrected chi connectivity index (χ1v) is 9.85. The SMILES string of the molecule is CCC(CC)c1cc(CNC(=NC)Nc2cccc(OCCCOC)c2)on1.I. The summed E-state index contributed by atoms with van der Waals surface area (Å²) in [5.74, 6) is 2.69. The Kier molecular flexibility index (Phi) is 12.4. The van der Waals surface area contributed by atoms with E-state index in [-0.39, 0.29) is 24.0 Å². The first-order chi connectivity index (χ1) is 13.7. The molecule has 0 spiro atoms. The molecule has 0 saturated heterocycles. The number of halogens is 1. The van der Waals surface area contributed by atoms with Crippen LogP contribution in [-0.2, 0) is 11.3 Å². The van der Waals surface area contributed by atoms with Gasteiger partial charge in [0.15, 0.2) is 11.7 Å². The molecule has 0 atom stereocenters. The summed E-state index contributed by atoms with van der Waals surface area (Å²) in [6.07, 6.45) is 2.97. The van der Waals surface area contributed by atoms with Gasteiger partial charge < -0.3 is 24.6 Å². The molecule has 7 nitrogen and oxygen atoms in total. The number of methoxy groups -OCH3 is 1. The Morgan fingerprint density at radius 1 is 1.21 bits per heavy atom. The van der Waals surface area contributed by atoms with E-state index in [1.54, 1.807) is 14.2 Å². The minimum absolute atomic E-state index is 0. The van der Waals surface area contributed by atoms with Crippen molar-refractivity contribution in [3.8, 4) is 5.75 Å². The summed E-state index contributed by atoms with van der Waals surface area (Å²) in [5, 5.41) is 10.7. The van der Waals surface area contributed by atoms with Crippen molar-refractivity contribution in [1.82, 2.24) is 10.5 Å². The molecule has 0 fully saturated rings. The van der Waals surface area contributed by atoms with Crippen molar-refractivity contribution in [2.75, 3.05) is 32.7 Å². The Balaban J connectivity index is 0.00000420. The fourth-order valence-electron chi connectivity index (χ4n) is 2.86. The second-order valence-corrected chi connectivity index (χ2v) is 6.50. The topological polar surface area (TPSA) is 80.9 Å². The minimum atomic E-state index is 0. The Bertz CT molecular complexity index is 732. The zero-order chi connectivity index (χ0) is 20.2. The highest BCUT2D eigenvalue weighted by Crippen LogP contribution is 2.22. The fraction of sp³-hybridized carbons (Fsp3) is 0.524. The molecule has 0 bridgehead atoms. The van der Waals surface area contributed by atoms with Crippen LogP contribution in [0.15, 0.2) is 39.8 Å². The van der Waals surface area contributed by atoms with Crippen LogP contribution in [0.25, 0.3) is 0 Å². The van der Waals surface area contributed by atoms with Crippen molar-refractivity contribution >= 4 is 35.6 Å². The fourth-order valence-corrected chi connectivity index (χ4v) is 2.86. The lowest BCUT2D eigenvalue weighted by molar-refractivity contribution is 0.172. The molecule has 0 aliphatic carbocycles. The maximum atomic E-state index is 5.74. The molecular formula is C21H33IN4O3. The van der Waals surface area contributed by atoms with Crippen LogP contribution in [0, 0.1) is 0 Å². The predicted octanol–water partition coefficient (Wildman–Crippen LogP) is 4.80. The summed E-state index contributed by atoms with van der Waals surface area (Å²) < 4.78 is 16.2. The van der Waals surface area contributed by atoms with Crippen LogP contribution in [-0.4, -0.2) is 38.5 Å². The number of benzene rings is 1. The molecule has 0 saturated carbocycles. The number of rotatable bonds is 11. The quantitative estimate of drug-likeness (QED) is 0.193. The van der Waals surface area contributed by atoms with Crippen molar-refractivity contribution in [3.63, 3.8) is 0 Å². The molecular weight excluding hydrogens is 483 g/mol. The van der Waals surface area contributed by atoms with E-state index in [9.17, 15) is 0 Å². The van der Waals surface area contributed by atoms with E-state index >= 15 is 0 Å². The van der Waals surface area contributed by atoms with Crippen LogP contribution in [0.1, 0.15) is 50.5 Å². The van der Waals surface area contributed by atoms with Gasteiger partial charge in [0.05, 0.1) is 18.8 Å². The number of anilines is 1. The lowest BCUT2D eigenvalue weighted by Crippen LogP contribution is -2.30. The van der Waals surface area contributed by atoms with Gasteiger partial charge in [-0.25, -0.2) is 0 Å². The largest absolute Gasteiger partial charge is 0.493 e. The number of aromatic nitrogens is 1. The van der Waals surface area contributed by atoms with Crippen molar-refractivity contribution in [2.24, 2.45) is 4.99 Å². The van der Waals surface area contributed by atoms with E-state index in [0.29, 0.717) is 31.6 Å². The van der Waals surface area contributed by atoms with Gasteiger partial charge in [-0.3, -0.25) is 4.99 Å². The molecule has 2 N–H and O–H groups in total. The second-order valence-electron chi connectivity index (χ2n) is 6.50. The van der Waals surface area contributed by atoms with Gasteiger partial charge >= 0.3 is 0 Å². The summed E-state index contributed by atoms with van der Waals surface area (Å²) >= 11 is 0. The van der Waals surface area contributed by atoms with Crippen LogP contribution in [0.3, 0.4) is 0 Å². The second kappa shape index (κ2) is 14.2. The molecule has 1 aromatic carbocycles. The average molecular weight is 516 g/mol. The van der Waals surface area contributed by atoms with Crippen LogP contribution in [0.2, 0.25) is 0 Å². The highest BCUT2D eigenvalue weighted by molar-refractivity contribution is 14.0. The van der Waals surface area contributed by atoms with Crippen molar-refractivity contribution in [3.05, 3.63) is 41.8 Å². The number of ether oxygens (including phenoxy) is 2. The molecule has 8 heteroatoms. The molecule has 0 aliphatic heterocycles. The van der Waals surface area contributed by atoms with Crippen LogP contribution >= 0.6 is 24.0 Å². The van der Waals surface area contributed by atoms with Gasteiger partial charge in [-0.15, -0.1) is 24.0 Å². The normalized spacial score (nSPS) is 11.3. The van der Waals surface area contributed by atoms with Gasteiger partial charge in [0.1, 0.15) is 5.75 Å². The molecule has 1 heterocycles. The zero-order valence-corrected chi connectivity index (χ0v) is 20.1. The van der Waals surface area contributed by atoms with Crippen LogP contribution < -0.4 is 15.4 Å². The lowest BCUT2D eigenvalue weighted by atomic mass is 9.99. The molecule has 29 heavy (non-hydrogen) atoms. The van der Waals surface area contributed by atoms with Crippen LogP contribution in [0.4, 0.5) is 5.69 Å². The maximum absolute atomic E-state index is 5.74. The third kappa shape index (κ3) is 8.61. The molecule has 2 rings (SSSR count). The molecule has 0 amide bonds. The number of nitrogens with one attached hydrogen (secondary N) is 2. The number of nitrogens with zero attached hydrogens (tertiary/aromatic N) is 2. The van der Waals surface area contributed by atoms with E-state index in [1.165, 1.54) is 0 Å². The first kappa shape index (κ1) is 25.2. The number of hydrogen-bond acceptors (Lipinski definition) is 5. The number of hydrogen-bond donors (Lipinski definition) is 2. The highest BCUT2D eigenvalue weighted by Gasteiger charge is 2.13. The standard InChI is InChI=1S/C21H32N4O3.HI/c1-5-16(6-2)20-14-19(28-25-20)15-23-21(22-3)24-17-9-7-10-18(13-17)27-12-8-11-26-4;/h7,9-10,13-14,16H,5-6,8,11-12,15H2,1-4H3,(H2,22,23,24);1H. The molecule has 1 aromatic heterocycles. The maximum Gasteiger partial charge on any atom is 0.195 e. The van der Waals surface area contributed by atoms with Gasteiger partial charge in [0, 0.05) is 50.9 Å². The summed E-state index contributed by atoms with van der Waals surface area (Å²) in [6.45, 7) is 6.16. The summed E-state index contributed by atoms with van der Waals surface area (Å²) in [4.78, 5) is 4.26. The predicted molar refractivity (Wildman–Crippen MR) is 127 cm³/mol. The molecule has 162 valence electrons. The van der Waals surface area contributed by atoms with Gasteiger partial charge in [-0.2, -0.15) is 0 Å². The van der Waals surface area contributed by atoms with E-state index in [4.69, 9.17) is 14.0 Å². The molecule has 0 aliphatic rings. The molecule has 0 unspecified atom stereocenters. The number of aliphatic imine (C=N–C) groups is 1. The van der Waals surface area contributed by atoms with E-state index < -0.39 is 0 Å². The molecule has 0 radical (unpaired) electrons. The van der Waals surface area contributed by atoms with E-state index in [0.717, 1.165) is 42.2 Å². The highest BCUT2D eigenvalue weighted by atomic mass is 127. The average Bonchev–Trinajstić information content (AvgIpc) is 3.18. The summed E-state index contributed by atoms with van der Waals surface area (Å²) in [7, 11) is 3.42. The smallest absolute Gasteiger partial charge is 0.195 e.